The van der Waals surface area contributed by atoms with Gasteiger partial charge in [-0.25, -0.2) is 4.39 Å². The first-order valence-corrected chi connectivity index (χ1v) is 8.80. The molecule has 0 atom stereocenters. The molecule has 0 heterocycles. The average Bonchev–Trinajstić information content (AvgIpc) is 2.46. The van der Waals surface area contributed by atoms with Crippen molar-refractivity contribution in [3.05, 3.63) is 30.1 Å². The number of anilines is 1. The lowest BCUT2D eigenvalue weighted by Gasteiger charge is -2.38. The molecular weight excluding hydrogens is 317 g/mol. The predicted octanol–water partition coefficient (Wildman–Crippen LogP) is 5.63. The van der Waals surface area contributed by atoms with Gasteiger partial charge >= 0.3 is 0 Å². The number of benzene rings is 1. The highest BCUT2D eigenvalue weighted by Gasteiger charge is 2.30. The summed E-state index contributed by atoms with van der Waals surface area (Å²) in [5, 5.41) is 0.979. The van der Waals surface area contributed by atoms with Crippen molar-refractivity contribution in [2.24, 2.45) is 5.41 Å². The average molecular weight is 344 g/mol. The zero-order chi connectivity index (χ0) is 15.0. The molecule has 1 aromatic carbocycles. The second kappa shape index (κ2) is 8.66. The first-order chi connectivity index (χ1) is 9.62. The fraction of sp³-hybridized carbons (Fsp3) is 0.647. The van der Waals surface area contributed by atoms with Crippen molar-refractivity contribution in [2.75, 3.05) is 23.3 Å². The fourth-order valence-electron chi connectivity index (χ4n) is 3.00. The van der Waals surface area contributed by atoms with E-state index >= 15 is 0 Å². The van der Waals surface area contributed by atoms with Crippen LogP contribution in [0.25, 0.3) is 0 Å². The molecule has 1 nitrogen and oxygen atoms in total. The Kier molecular flexibility index (Phi) is 7.57. The lowest BCUT2D eigenvalue weighted by molar-refractivity contribution is 0.279. The third kappa shape index (κ3) is 4.47. The van der Waals surface area contributed by atoms with E-state index in [1.807, 2.05) is 12.1 Å². The summed E-state index contributed by atoms with van der Waals surface area (Å²) in [7, 11) is 0. The van der Waals surface area contributed by atoms with Crippen LogP contribution in [-0.2, 0) is 0 Å². The molecule has 1 aromatic rings. The Morgan fingerprint density at radius 3 is 2.15 bits per heavy atom. The van der Waals surface area contributed by atoms with E-state index in [-0.39, 0.29) is 11.2 Å². The Morgan fingerprint density at radius 2 is 1.70 bits per heavy atom. The second-order valence-electron chi connectivity index (χ2n) is 5.60. The lowest BCUT2D eigenvalue weighted by atomic mass is 9.80. The van der Waals surface area contributed by atoms with Crippen molar-refractivity contribution in [2.45, 2.75) is 46.5 Å². The molecule has 0 fully saturated rings. The molecule has 0 radical (unpaired) electrons. The minimum Gasteiger partial charge on any atom is -0.369 e. The topological polar surface area (TPSA) is 3.24 Å². The van der Waals surface area contributed by atoms with Gasteiger partial charge in [0, 0.05) is 18.4 Å². The maximum Gasteiger partial charge on any atom is 0.146 e. The monoisotopic (exact) mass is 343 g/mol. The van der Waals surface area contributed by atoms with E-state index in [0.29, 0.717) is 0 Å². The van der Waals surface area contributed by atoms with Gasteiger partial charge in [0.1, 0.15) is 5.82 Å². The molecule has 1 rings (SSSR count). The molecule has 0 bridgehead atoms. The second-order valence-corrected chi connectivity index (χ2v) is 6.16. The predicted molar refractivity (Wildman–Crippen MR) is 90.3 cm³/mol. The number of nitrogens with zero attached hydrogens (tertiary/aromatic N) is 1. The van der Waals surface area contributed by atoms with E-state index in [2.05, 4.69) is 41.6 Å². The molecule has 114 valence electrons. The standard InChI is InChI=1S/C17H27BrFN/c1-4-11-17(13-18,12-5-2)14-20(6-3)16-10-8-7-9-15(16)19/h7-10H,4-6,11-14H2,1-3H3. The molecule has 3 heteroatoms. The van der Waals surface area contributed by atoms with Crippen LogP contribution in [0.15, 0.2) is 24.3 Å². The number of halogens is 2. The highest BCUT2D eigenvalue weighted by molar-refractivity contribution is 9.09. The summed E-state index contributed by atoms with van der Waals surface area (Å²) in [5.74, 6) is -0.120. The molecule has 0 aliphatic heterocycles. The Morgan fingerprint density at radius 1 is 1.10 bits per heavy atom. The molecule has 0 saturated carbocycles. The van der Waals surface area contributed by atoms with E-state index in [1.165, 1.54) is 25.7 Å². The van der Waals surface area contributed by atoms with E-state index in [1.54, 1.807) is 12.1 Å². The summed E-state index contributed by atoms with van der Waals surface area (Å²) in [6.07, 6.45) is 4.69. The molecular formula is C17H27BrFN. The van der Waals surface area contributed by atoms with Crippen molar-refractivity contribution < 1.29 is 4.39 Å². The van der Waals surface area contributed by atoms with Crippen LogP contribution in [0.2, 0.25) is 0 Å². The fourth-order valence-corrected chi connectivity index (χ4v) is 3.74. The van der Waals surface area contributed by atoms with Crippen molar-refractivity contribution in [1.82, 2.24) is 0 Å². The van der Waals surface area contributed by atoms with Crippen molar-refractivity contribution >= 4 is 21.6 Å². The van der Waals surface area contributed by atoms with E-state index in [4.69, 9.17) is 0 Å². The van der Waals surface area contributed by atoms with Gasteiger partial charge in [-0.1, -0.05) is 54.8 Å². The van der Waals surface area contributed by atoms with E-state index < -0.39 is 0 Å². The molecule has 0 saturated heterocycles. The van der Waals surface area contributed by atoms with Gasteiger partial charge in [-0.15, -0.1) is 0 Å². The molecule has 0 aromatic heterocycles. The Labute approximate surface area is 131 Å². The van der Waals surface area contributed by atoms with Gasteiger partial charge in [-0.3, -0.25) is 0 Å². The highest BCUT2D eigenvalue weighted by atomic mass is 79.9. The van der Waals surface area contributed by atoms with Gasteiger partial charge in [0.15, 0.2) is 0 Å². The van der Waals surface area contributed by atoms with E-state index in [0.717, 1.165) is 24.1 Å². The van der Waals surface area contributed by atoms with Crippen LogP contribution >= 0.6 is 15.9 Å². The maximum absolute atomic E-state index is 14.0. The summed E-state index contributed by atoms with van der Waals surface area (Å²) in [6, 6.07) is 7.10. The number of para-hydroxylation sites is 1. The molecule has 0 N–H and O–H groups in total. The van der Waals surface area contributed by atoms with Crippen LogP contribution < -0.4 is 4.90 Å². The minimum atomic E-state index is -0.120. The quantitative estimate of drug-likeness (QED) is 0.525. The number of hydrogen-bond donors (Lipinski definition) is 0. The molecule has 0 aliphatic rings. The van der Waals surface area contributed by atoms with Gasteiger partial charge in [0.25, 0.3) is 0 Å². The van der Waals surface area contributed by atoms with Gasteiger partial charge in [-0.2, -0.15) is 0 Å². The molecule has 0 amide bonds. The van der Waals surface area contributed by atoms with Crippen molar-refractivity contribution in [3.8, 4) is 0 Å². The van der Waals surface area contributed by atoms with Crippen LogP contribution in [-0.4, -0.2) is 18.4 Å². The highest BCUT2D eigenvalue weighted by Crippen LogP contribution is 2.35. The van der Waals surface area contributed by atoms with Gasteiger partial charge in [0.05, 0.1) is 5.69 Å². The number of alkyl halides is 1. The Bertz CT molecular complexity index is 388. The number of rotatable bonds is 9. The first kappa shape index (κ1) is 17.5. The van der Waals surface area contributed by atoms with Gasteiger partial charge < -0.3 is 4.90 Å². The van der Waals surface area contributed by atoms with Gasteiger partial charge in [0.2, 0.25) is 0 Å². The normalized spacial score (nSPS) is 11.7. The Balaban J connectivity index is 2.96. The lowest BCUT2D eigenvalue weighted by Crippen LogP contribution is -2.39. The van der Waals surface area contributed by atoms with Crippen LogP contribution in [0.1, 0.15) is 46.5 Å². The number of hydrogen-bond acceptors (Lipinski definition) is 1. The SMILES string of the molecule is CCCC(CBr)(CCC)CN(CC)c1ccccc1F. The third-order valence-electron chi connectivity index (χ3n) is 3.95. The summed E-state index contributed by atoms with van der Waals surface area (Å²) in [4.78, 5) is 2.18. The Hall–Kier alpha value is -0.570. The smallest absolute Gasteiger partial charge is 0.146 e. The summed E-state index contributed by atoms with van der Waals surface area (Å²) >= 11 is 3.70. The van der Waals surface area contributed by atoms with Crippen molar-refractivity contribution in [3.63, 3.8) is 0 Å². The molecule has 0 spiro atoms. The van der Waals surface area contributed by atoms with Gasteiger partial charge in [-0.05, 0) is 37.3 Å². The summed E-state index contributed by atoms with van der Waals surface area (Å²) < 4.78 is 14.0. The summed E-state index contributed by atoms with van der Waals surface area (Å²) in [5.41, 5.74) is 0.967. The summed E-state index contributed by atoms with van der Waals surface area (Å²) in [6.45, 7) is 8.31. The molecule has 20 heavy (non-hydrogen) atoms. The van der Waals surface area contributed by atoms with Crippen LogP contribution in [0.4, 0.5) is 10.1 Å². The molecule has 0 unspecified atom stereocenters. The minimum absolute atomic E-state index is 0.120. The van der Waals surface area contributed by atoms with Crippen molar-refractivity contribution in [1.29, 1.82) is 0 Å². The van der Waals surface area contributed by atoms with Crippen LogP contribution in [0, 0.1) is 11.2 Å². The zero-order valence-electron chi connectivity index (χ0n) is 13.0. The van der Waals surface area contributed by atoms with E-state index in [9.17, 15) is 4.39 Å². The first-order valence-electron chi connectivity index (χ1n) is 7.68. The van der Waals surface area contributed by atoms with Crippen LogP contribution in [0.5, 0.6) is 0 Å². The van der Waals surface area contributed by atoms with Crippen LogP contribution in [0.3, 0.4) is 0 Å². The molecule has 0 aliphatic carbocycles. The third-order valence-corrected chi connectivity index (χ3v) is 5.13. The largest absolute Gasteiger partial charge is 0.369 e. The maximum atomic E-state index is 14.0. The zero-order valence-corrected chi connectivity index (χ0v) is 14.5.